The summed E-state index contributed by atoms with van der Waals surface area (Å²) in [5.41, 5.74) is 0.485. The summed E-state index contributed by atoms with van der Waals surface area (Å²) < 4.78 is 27.7. The van der Waals surface area contributed by atoms with Crippen LogP contribution in [0.4, 0.5) is 5.69 Å². The molecule has 9 nitrogen and oxygen atoms in total. The van der Waals surface area contributed by atoms with Crippen LogP contribution in [0.5, 0.6) is 0 Å². The van der Waals surface area contributed by atoms with Gasteiger partial charge in [-0.25, -0.2) is 8.42 Å². The normalized spacial score (nSPS) is 15.8. The molecule has 1 fully saturated rings. The number of benzene rings is 1. The molecule has 1 aliphatic heterocycles. The van der Waals surface area contributed by atoms with E-state index in [9.17, 15) is 22.8 Å². The number of hydrogen-bond donors (Lipinski definition) is 2. The van der Waals surface area contributed by atoms with Gasteiger partial charge < -0.3 is 15.1 Å². The number of amides is 3. The van der Waals surface area contributed by atoms with Gasteiger partial charge in [0.15, 0.2) is 0 Å². The summed E-state index contributed by atoms with van der Waals surface area (Å²) in [6.07, 6.45) is 3.14. The lowest BCUT2D eigenvalue weighted by molar-refractivity contribution is -0.140. The molecule has 3 amide bonds. The molecule has 0 aliphatic carbocycles. The maximum Gasteiger partial charge on any atom is 0.241 e. The Labute approximate surface area is 190 Å². The van der Waals surface area contributed by atoms with Crippen LogP contribution < -0.4 is 10.0 Å². The van der Waals surface area contributed by atoms with Crippen LogP contribution in [0.25, 0.3) is 0 Å². The van der Waals surface area contributed by atoms with Gasteiger partial charge in [-0.2, -0.15) is 4.72 Å². The van der Waals surface area contributed by atoms with Gasteiger partial charge in [0.25, 0.3) is 0 Å². The maximum absolute atomic E-state index is 12.8. The summed E-state index contributed by atoms with van der Waals surface area (Å²) in [6.45, 7) is 6.55. The molecule has 1 aromatic rings. The highest BCUT2D eigenvalue weighted by Gasteiger charge is 2.32. The molecule has 1 heterocycles. The van der Waals surface area contributed by atoms with Crippen molar-refractivity contribution in [3.63, 3.8) is 0 Å². The van der Waals surface area contributed by atoms with E-state index in [0.29, 0.717) is 31.6 Å². The average molecular weight is 467 g/mol. The van der Waals surface area contributed by atoms with Gasteiger partial charge in [-0.1, -0.05) is 13.3 Å². The second kappa shape index (κ2) is 11.4. The Hall–Kier alpha value is -2.46. The molecule has 1 saturated heterocycles. The smallest absolute Gasteiger partial charge is 0.241 e. The molecule has 0 saturated carbocycles. The number of nitrogens with one attached hydrogen (secondary N) is 2. The van der Waals surface area contributed by atoms with Crippen molar-refractivity contribution in [1.82, 2.24) is 14.5 Å². The third kappa shape index (κ3) is 7.03. The number of carbonyl (C=O) groups is 3. The van der Waals surface area contributed by atoms with Crippen LogP contribution in [-0.2, 0) is 24.4 Å². The van der Waals surface area contributed by atoms with Gasteiger partial charge in [0.2, 0.25) is 27.7 Å². The van der Waals surface area contributed by atoms with Crippen LogP contribution in [0.2, 0.25) is 0 Å². The molecule has 0 radical (unpaired) electrons. The number of nitrogens with zero attached hydrogens (tertiary/aromatic N) is 2. The van der Waals surface area contributed by atoms with Crippen molar-refractivity contribution >= 4 is 33.4 Å². The Morgan fingerprint density at radius 1 is 1.16 bits per heavy atom. The van der Waals surface area contributed by atoms with Crippen LogP contribution >= 0.6 is 0 Å². The van der Waals surface area contributed by atoms with Gasteiger partial charge in [0.05, 0.1) is 10.9 Å². The van der Waals surface area contributed by atoms with E-state index in [2.05, 4.69) is 17.0 Å². The minimum absolute atomic E-state index is 0.00525. The highest BCUT2D eigenvalue weighted by Crippen LogP contribution is 2.21. The topological polar surface area (TPSA) is 116 Å². The first-order valence-electron chi connectivity index (χ1n) is 11.0. The molecular formula is C22H34N4O5S. The van der Waals surface area contributed by atoms with E-state index in [1.165, 1.54) is 38.1 Å². The van der Waals surface area contributed by atoms with E-state index in [1.807, 2.05) is 7.05 Å². The lowest BCUT2D eigenvalue weighted by atomic mass is 9.95. The molecule has 1 atom stereocenters. The van der Waals surface area contributed by atoms with E-state index >= 15 is 0 Å². The lowest BCUT2D eigenvalue weighted by Gasteiger charge is -2.34. The first kappa shape index (κ1) is 25.8. The predicted molar refractivity (Wildman–Crippen MR) is 122 cm³/mol. The van der Waals surface area contributed by atoms with Crippen LogP contribution in [0.1, 0.15) is 46.5 Å². The van der Waals surface area contributed by atoms with Gasteiger partial charge in [-0.05, 0) is 50.5 Å². The van der Waals surface area contributed by atoms with Crippen molar-refractivity contribution in [3.8, 4) is 0 Å². The number of hydrogen-bond acceptors (Lipinski definition) is 5. The molecular weight excluding hydrogens is 432 g/mol. The Balaban J connectivity index is 1.91. The molecule has 1 aromatic carbocycles. The van der Waals surface area contributed by atoms with Crippen molar-refractivity contribution < 1.29 is 22.8 Å². The first-order valence-corrected chi connectivity index (χ1v) is 12.5. The predicted octanol–water partition coefficient (Wildman–Crippen LogP) is 1.81. The highest BCUT2D eigenvalue weighted by molar-refractivity contribution is 7.89. The minimum Gasteiger partial charge on any atom is -0.346 e. The molecule has 0 spiro atoms. The van der Waals surface area contributed by atoms with Gasteiger partial charge >= 0.3 is 0 Å². The van der Waals surface area contributed by atoms with E-state index in [0.717, 1.165) is 19.4 Å². The van der Waals surface area contributed by atoms with Crippen LogP contribution in [0.15, 0.2) is 29.2 Å². The molecule has 2 N–H and O–H groups in total. The molecule has 1 aliphatic rings. The Morgan fingerprint density at radius 3 is 2.28 bits per heavy atom. The number of rotatable bonds is 9. The Bertz CT molecular complexity index is 909. The van der Waals surface area contributed by atoms with Crippen LogP contribution in [-0.4, -0.2) is 68.7 Å². The fourth-order valence-corrected chi connectivity index (χ4v) is 4.91. The van der Waals surface area contributed by atoms with Gasteiger partial charge in [0.1, 0.15) is 0 Å². The number of likely N-dealkylation sites (tertiary alicyclic amines) is 1. The number of anilines is 1. The second-order valence-electron chi connectivity index (χ2n) is 8.26. The molecule has 0 bridgehead atoms. The molecule has 2 rings (SSSR count). The summed E-state index contributed by atoms with van der Waals surface area (Å²) in [7, 11) is -2.09. The average Bonchev–Trinajstić information content (AvgIpc) is 2.76. The quantitative estimate of drug-likeness (QED) is 0.576. The molecule has 0 aromatic heterocycles. The third-order valence-electron chi connectivity index (χ3n) is 5.57. The Morgan fingerprint density at radius 2 is 1.75 bits per heavy atom. The first-order chi connectivity index (χ1) is 15.0. The van der Waals surface area contributed by atoms with Gasteiger partial charge in [-0.3, -0.25) is 14.4 Å². The van der Waals surface area contributed by atoms with Crippen LogP contribution in [0.3, 0.4) is 0 Å². The van der Waals surface area contributed by atoms with E-state index in [1.54, 1.807) is 9.80 Å². The zero-order chi connectivity index (χ0) is 23.9. The number of sulfonamides is 1. The monoisotopic (exact) mass is 466 g/mol. The zero-order valence-electron chi connectivity index (χ0n) is 19.3. The fraction of sp³-hybridized carbons (Fsp3) is 0.591. The second-order valence-corrected chi connectivity index (χ2v) is 9.98. The summed E-state index contributed by atoms with van der Waals surface area (Å²) >= 11 is 0. The van der Waals surface area contributed by atoms with Crippen molar-refractivity contribution in [2.75, 3.05) is 32.0 Å². The van der Waals surface area contributed by atoms with Crippen molar-refractivity contribution in [2.24, 2.45) is 5.92 Å². The number of carbonyl (C=O) groups excluding carboxylic acids is 3. The SMILES string of the molecule is CCCCN(C)C(=O)C1CCN(C(=O)[C@H](C)NS(=O)(=O)c2ccc(NC(C)=O)cc2)CC1. The zero-order valence-corrected chi connectivity index (χ0v) is 20.1. The van der Waals surface area contributed by atoms with Gasteiger partial charge in [-0.15, -0.1) is 0 Å². The molecule has 10 heteroatoms. The Kier molecular flexibility index (Phi) is 9.21. The highest BCUT2D eigenvalue weighted by atomic mass is 32.2. The van der Waals surface area contributed by atoms with E-state index < -0.39 is 16.1 Å². The van der Waals surface area contributed by atoms with E-state index in [-0.39, 0.29) is 28.5 Å². The molecule has 32 heavy (non-hydrogen) atoms. The summed E-state index contributed by atoms with van der Waals surface area (Å²) in [6, 6.07) is 4.78. The molecule has 178 valence electrons. The van der Waals surface area contributed by atoms with Gasteiger partial charge in [0, 0.05) is 45.2 Å². The molecule has 0 unspecified atom stereocenters. The van der Waals surface area contributed by atoms with Crippen molar-refractivity contribution in [1.29, 1.82) is 0 Å². The summed E-state index contributed by atoms with van der Waals surface area (Å²) in [5, 5.41) is 2.57. The standard InChI is InChI=1S/C22H34N4O5S/c1-5-6-13-25(4)22(29)18-11-14-26(15-12-18)21(28)16(2)24-32(30,31)20-9-7-19(8-10-20)23-17(3)27/h7-10,16,18,24H,5-6,11-15H2,1-4H3,(H,23,27)/t16-/m0/s1. The largest absolute Gasteiger partial charge is 0.346 e. The van der Waals surface area contributed by atoms with Crippen molar-refractivity contribution in [2.45, 2.75) is 57.4 Å². The lowest BCUT2D eigenvalue weighted by Crippen LogP contribution is -2.50. The minimum atomic E-state index is -3.90. The number of unbranched alkanes of at least 4 members (excludes halogenated alkanes) is 1. The fourth-order valence-electron chi connectivity index (χ4n) is 3.71. The van der Waals surface area contributed by atoms with Crippen molar-refractivity contribution in [3.05, 3.63) is 24.3 Å². The van der Waals surface area contributed by atoms with E-state index in [4.69, 9.17) is 0 Å². The van der Waals surface area contributed by atoms with Crippen LogP contribution in [0, 0.1) is 5.92 Å². The summed E-state index contributed by atoms with van der Waals surface area (Å²) in [5.74, 6) is -0.554. The summed E-state index contributed by atoms with van der Waals surface area (Å²) in [4.78, 5) is 39.8. The maximum atomic E-state index is 12.8. The number of piperidine rings is 1. The third-order valence-corrected chi connectivity index (χ3v) is 7.12.